The summed E-state index contributed by atoms with van der Waals surface area (Å²) in [5, 5.41) is 0.465. The van der Waals surface area contributed by atoms with Crippen molar-refractivity contribution < 1.29 is 114 Å². The highest BCUT2D eigenvalue weighted by Crippen LogP contribution is 2.14. The van der Waals surface area contributed by atoms with Gasteiger partial charge in [0.1, 0.15) is 49.8 Å². The Kier molecular flexibility index (Phi) is 44.6. The zero-order chi connectivity index (χ0) is 53.4. The summed E-state index contributed by atoms with van der Waals surface area (Å²) in [5.41, 5.74) is 0. The van der Waals surface area contributed by atoms with E-state index < -0.39 is 54.3 Å². The number of rotatable bonds is 55. The van der Waals surface area contributed by atoms with Crippen molar-refractivity contribution in [2.24, 2.45) is 0 Å². The van der Waals surface area contributed by atoms with Crippen molar-refractivity contribution in [1.82, 2.24) is 5.06 Å². The molecule has 2 amide bonds. The number of methoxy groups -OCH3 is 5. The molecule has 6 atom stereocenters. The van der Waals surface area contributed by atoms with Gasteiger partial charge in [0.05, 0.1) is 158 Å². The summed E-state index contributed by atoms with van der Waals surface area (Å²) < 4.78 is 107. The zero-order valence-electron chi connectivity index (χ0n) is 43.8. The first kappa shape index (κ1) is 67.5. The maximum Gasteiger partial charge on any atom is 0.333 e. The average Bonchev–Trinajstić information content (AvgIpc) is 3.69. The summed E-state index contributed by atoms with van der Waals surface area (Å²) in [7, 11) is 7.94. The third-order valence-corrected chi connectivity index (χ3v) is 9.69. The third kappa shape index (κ3) is 37.8. The van der Waals surface area contributed by atoms with Crippen molar-refractivity contribution >= 4 is 23.8 Å². The van der Waals surface area contributed by atoms with Gasteiger partial charge in [0.15, 0.2) is 0 Å². The van der Waals surface area contributed by atoms with E-state index in [-0.39, 0.29) is 131 Å². The molecule has 1 heterocycles. The average molecular weight is 1060 g/mol. The highest BCUT2D eigenvalue weighted by Gasteiger charge is 2.32. The number of carbonyl (C=O) groups excluding carboxylic acids is 4. The minimum Gasteiger partial charge on any atom is -0.499 e. The van der Waals surface area contributed by atoms with Crippen LogP contribution in [-0.4, -0.2) is 260 Å². The molecule has 0 N–H and O–H groups in total. The predicted octanol–water partition coefficient (Wildman–Crippen LogP) is 1.25. The molecule has 0 radical (unpaired) electrons. The van der Waals surface area contributed by atoms with Crippen molar-refractivity contribution in [1.29, 1.82) is 0 Å². The number of carbonyl (C=O) groups is 4. The Hall–Kier alpha value is -3.48. The zero-order valence-corrected chi connectivity index (χ0v) is 43.8. The minimum atomic E-state index is -0.791. The summed E-state index contributed by atoms with van der Waals surface area (Å²) >= 11 is 0. The lowest BCUT2D eigenvalue weighted by Crippen LogP contribution is -2.35. The van der Waals surface area contributed by atoms with Gasteiger partial charge in [-0.15, -0.1) is 5.06 Å². The van der Waals surface area contributed by atoms with Crippen LogP contribution in [0.1, 0.15) is 32.1 Å². The lowest BCUT2D eigenvalue weighted by Gasteiger charge is -2.24. The van der Waals surface area contributed by atoms with Crippen LogP contribution in [0.4, 0.5) is 0 Å². The van der Waals surface area contributed by atoms with E-state index in [1.54, 1.807) is 35.5 Å². The number of ether oxygens (including phenoxy) is 19. The number of hydrogen-bond acceptors (Lipinski definition) is 24. The summed E-state index contributed by atoms with van der Waals surface area (Å²) in [6.07, 6.45) is -0.227. The van der Waals surface area contributed by atoms with Gasteiger partial charge in [-0.05, 0) is 6.42 Å². The fourth-order valence-electron chi connectivity index (χ4n) is 5.99. The van der Waals surface area contributed by atoms with Crippen molar-refractivity contribution in [2.45, 2.75) is 68.7 Å². The van der Waals surface area contributed by atoms with Gasteiger partial charge < -0.3 is 94.8 Å². The van der Waals surface area contributed by atoms with E-state index in [9.17, 15) is 19.2 Å². The van der Waals surface area contributed by atoms with Crippen LogP contribution in [0, 0.1) is 0 Å². The molecular weight excluding hydrogens is 975 g/mol. The van der Waals surface area contributed by atoms with E-state index in [1.807, 2.05) is 0 Å². The molecule has 1 rings (SSSR count). The monoisotopic (exact) mass is 1060 g/mol. The van der Waals surface area contributed by atoms with Crippen LogP contribution >= 0.6 is 0 Å². The molecule has 1 aliphatic heterocycles. The normalized spacial score (nSPS) is 15.2. The lowest BCUT2D eigenvalue weighted by atomic mass is 10.2. The van der Waals surface area contributed by atoms with E-state index in [1.165, 1.54) is 12.5 Å². The highest BCUT2D eigenvalue weighted by molar-refractivity contribution is 6.01. The Morgan fingerprint density at radius 3 is 1.14 bits per heavy atom. The number of amides is 2. The van der Waals surface area contributed by atoms with Crippen LogP contribution in [0.2, 0.25) is 0 Å². The highest BCUT2D eigenvalue weighted by atomic mass is 16.7. The summed E-state index contributed by atoms with van der Waals surface area (Å²) in [6, 6.07) is 0. The van der Waals surface area contributed by atoms with Crippen molar-refractivity contribution in [3.63, 3.8) is 0 Å². The summed E-state index contributed by atoms with van der Waals surface area (Å²) in [5.74, 6) is -2.49. The van der Waals surface area contributed by atoms with Gasteiger partial charge in [-0.1, -0.05) is 13.2 Å². The summed E-state index contributed by atoms with van der Waals surface area (Å²) in [4.78, 5) is 52.1. The first-order valence-electron chi connectivity index (χ1n) is 24.3. The number of esters is 1. The molecule has 6 unspecified atom stereocenters. The van der Waals surface area contributed by atoms with Gasteiger partial charge in [-0.2, -0.15) is 0 Å². The number of hydroxylamine groups is 2. The Bertz CT molecular complexity index is 1370. The SMILES string of the molecule is C=COCC(COCC(COCC(COCC(COCC(COCC(COCCOC(=O)CCCC(=O)ON1C(=O)CCC1=O)OC=C)OCCOC)OCCOC)OCCOC)OCCOC)OCCOC. The molecule has 0 aromatic heterocycles. The van der Waals surface area contributed by atoms with Crippen molar-refractivity contribution in [2.75, 3.05) is 194 Å². The fraction of sp³-hybridized carbons (Fsp3) is 0.833. The first-order chi connectivity index (χ1) is 35.6. The van der Waals surface area contributed by atoms with Crippen LogP contribution in [0.25, 0.3) is 0 Å². The van der Waals surface area contributed by atoms with Crippen LogP contribution in [0.3, 0.4) is 0 Å². The third-order valence-electron chi connectivity index (χ3n) is 9.69. The quantitative estimate of drug-likeness (QED) is 0.0360. The molecule has 0 aromatic carbocycles. The molecule has 0 saturated carbocycles. The predicted molar refractivity (Wildman–Crippen MR) is 256 cm³/mol. The van der Waals surface area contributed by atoms with E-state index in [0.29, 0.717) is 71.1 Å². The molecule has 0 bridgehead atoms. The molecule has 1 saturated heterocycles. The molecular formula is C48H85NO24. The lowest BCUT2D eigenvalue weighted by molar-refractivity contribution is -0.197. The smallest absolute Gasteiger partial charge is 0.333 e. The molecule has 25 nitrogen and oxygen atoms in total. The van der Waals surface area contributed by atoms with Crippen molar-refractivity contribution in [3.8, 4) is 0 Å². The van der Waals surface area contributed by atoms with E-state index >= 15 is 0 Å². The second-order valence-electron chi connectivity index (χ2n) is 15.7. The van der Waals surface area contributed by atoms with E-state index in [4.69, 9.17) is 94.8 Å². The molecule has 0 aromatic rings. The van der Waals surface area contributed by atoms with Gasteiger partial charge in [-0.25, -0.2) is 4.79 Å². The Balaban J connectivity index is 2.64. The second-order valence-corrected chi connectivity index (χ2v) is 15.7. The van der Waals surface area contributed by atoms with Gasteiger partial charge in [0, 0.05) is 61.2 Å². The Labute approximate surface area is 430 Å². The molecule has 426 valence electrons. The van der Waals surface area contributed by atoms with Gasteiger partial charge >= 0.3 is 11.9 Å². The molecule has 1 aliphatic rings. The molecule has 1 fully saturated rings. The second kappa shape index (κ2) is 48.2. The molecule has 0 aliphatic carbocycles. The van der Waals surface area contributed by atoms with Gasteiger partial charge in [0.2, 0.25) is 0 Å². The Morgan fingerprint density at radius 2 is 0.781 bits per heavy atom. The van der Waals surface area contributed by atoms with Crippen LogP contribution < -0.4 is 0 Å². The summed E-state index contributed by atoms with van der Waals surface area (Å²) in [6.45, 7) is 13.0. The van der Waals surface area contributed by atoms with Crippen LogP contribution in [0.15, 0.2) is 25.7 Å². The fourth-order valence-corrected chi connectivity index (χ4v) is 5.99. The van der Waals surface area contributed by atoms with Crippen LogP contribution in [-0.2, 0) is 114 Å². The number of nitrogens with zero attached hydrogens (tertiary/aromatic N) is 1. The van der Waals surface area contributed by atoms with Crippen LogP contribution in [0.5, 0.6) is 0 Å². The standard InChI is InChI=1S/C48H85NO24/c1-8-59-27-40(67-21-15-54-3)30-62-32-42(69-23-17-56-5)34-64-36-44(71-25-19-58-7)38-65-37-43(70-24-18-57-6)35-63-33-41(68-22-16-55-4)31-61-29-39(66-9-2)28-60-20-26-72-47(52)11-10-12-48(53)73-49-45(50)13-14-46(49)51/h8-9,39-44H,1-2,10-38H2,3-7H3. The number of hydrogen-bond donors (Lipinski definition) is 0. The largest absolute Gasteiger partial charge is 0.499 e. The minimum absolute atomic E-state index is 0.00648. The number of imide groups is 1. The maximum absolute atomic E-state index is 12.1. The van der Waals surface area contributed by atoms with Gasteiger partial charge in [0.25, 0.3) is 11.8 Å². The molecule has 0 spiro atoms. The Morgan fingerprint density at radius 1 is 0.438 bits per heavy atom. The topological polar surface area (TPSA) is 256 Å². The van der Waals surface area contributed by atoms with E-state index in [0.717, 1.165) is 0 Å². The molecule has 73 heavy (non-hydrogen) atoms. The van der Waals surface area contributed by atoms with Crippen molar-refractivity contribution in [3.05, 3.63) is 25.7 Å². The maximum atomic E-state index is 12.1. The first-order valence-corrected chi connectivity index (χ1v) is 24.3. The van der Waals surface area contributed by atoms with Gasteiger partial charge in [-0.3, -0.25) is 14.4 Å². The van der Waals surface area contributed by atoms with E-state index in [2.05, 4.69) is 13.2 Å². The molecule has 25 heteroatoms.